The summed E-state index contributed by atoms with van der Waals surface area (Å²) in [6.07, 6.45) is 10.7. The molecule has 5 heterocycles. The number of pyridine rings is 2. The maximum atomic E-state index is 12.6. The Balaban J connectivity index is 1.44. The number of fused-ring (bicyclic) bond motifs is 1. The number of carbonyl (C=O) groups is 1. The smallest absolute Gasteiger partial charge is 0.410 e. The molecule has 1 atom stereocenters. The van der Waals surface area contributed by atoms with E-state index in [1.165, 1.54) is 11.8 Å². The summed E-state index contributed by atoms with van der Waals surface area (Å²) >= 11 is 1.52. The summed E-state index contributed by atoms with van der Waals surface area (Å²) in [6, 6.07) is 8.31. The maximum Gasteiger partial charge on any atom is 0.410 e. The van der Waals surface area contributed by atoms with Gasteiger partial charge in [-0.1, -0.05) is 17.8 Å². The topological polar surface area (TPSA) is 101 Å². The van der Waals surface area contributed by atoms with E-state index in [0.29, 0.717) is 18.7 Å². The minimum atomic E-state index is -0.525. The van der Waals surface area contributed by atoms with Gasteiger partial charge in [-0.05, 0) is 58.2 Å². The fraction of sp³-hybridized carbons (Fsp3) is 0.370. The minimum Gasteiger partial charge on any atom is -0.444 e. The molecule has 0 radical (unpaired) electrons. The fourth-order valence-corrected chi connectivity index (χ4v) is 5.47. The molecule has 1 fully saturated rings. The Bertz CT molecular complexity index is 1490. The third kappa shape index (κ3) is 5.32. The van der Waals surface area contributed by atoms with Crippen molar-refractivity contribution in [2.45, 2.75) is 62.1 Å². The third-order valence-electron chi connectivity index (χ3n) is 6.22. The standard InChI is InChI=1S/C27H29N7O2S/c1-18-7-5-9-29-25(18)37-23-11-19(15-34-24(23)20(12-28)13-31-34)21-14-30-33(16-21)22-8-6-10-32(17-22)26(35)36-27(2,3)4/h5,7,9,11,13-16,22H,6,8,10,17H2,1-4H3/t22-/m0/s1. The molecule has 5 rings (SSSR count). The van der Waals surface area contributed by atoms with Gasteiger partial charge in [0.15, 0.2) is 0 Å². The Hall–Kier alpha value is -3.84. The number of carbonyl (C=O) groups excluding carboxylic acids is 1. The highest BCUT2D eigenvalue weighted by atomic mass is 32.2. The van der Waals surface area contributed by atoms with E-state index in [1.807, 2.05) is 63.1 Å². The average Bonchev–Trinajstić information content (AvgIpc) is 3.52. The summed E-state index contributed by atoms with van der Waals surface area (Å²) < 4.78 is 9.26. The molecule has 1 amide bonds. The number of aryl methyl sites for hydroxylation is 1. The van der Waals surface area contributed by atoms with Crippen LogP contribution in [0.2, 0.25) is 0 Å². The maximum absolute atomic E-state index is 12.6. The lowest BCUT2D eigenvalue weighted by Crippen LogP contribution is -2.43. The quantitative estimate of drug-likeness (QED) is 0.354. The first-order chi connectivity index (χ1) is 17.7. The van der Waals surface area contributed by atoms with Crippen LogP contribution in [0.1, 0.15) is 50.8 Å². The van der Waals surface area contributed by atoms with E-state index in [0.717, 1.165) is 45.0 Å². The van der Waals surface area contributed by atoms with Crippen LogP contribution >= 0.6 is 11.8 Å². The second kappa shape index (κ2) is 9.90. The number of rotatable bonds is 4. The van der Waals surface area contributed by atoms with Crippen molar-refractivity contribution < 1.29 is 9.53 Å². The van der Waals surface area contributed by atoms with Gasteiger partial charge in [-0.15, -0.1) is 0 Å². The van der Waals surface area contributed by atoms with Gasteiger partial charge >= 0.3 is 6.09 Å². The van der Waals surface area contributed by atoms with Crippen molar-refractivity contribution in [1.82, 2.24) is 29.3 Å². The molecule has 9 nitrogen and oxygen atoms in total. The van der Waals surface area contributed by atoms with Gasteiger partial charge in [0.1, 0.15) is 16.7 Å². The predicted octanol–water partition coefficient (Wildman–Crippen LogP) is 5.50. The number of nitriles is 1. The minimum absolute atomic E-state index is 0.0682. The van der Waals surface area contributed by atoms with Crippen LogP contribution in [-0.4, -0.2) is 54.1 Å². The molecule has 0 aromatic carbocycles. The molecule has 1 aliphatic heterocycles. The Morgan fingerprint density at radius 1 is 1.22 bits per heavy atom. The predicted molar refractivity (Wildman–Crippen MR) is 140 cm³/mol. The van der Waals surface area contributed by atoms with Crippen LogP contribution in [0.15, 0.2) is 59.1 Å². The molecule has 0 N–H and O–H groups in total. The number of ether oxygens (including phenoxy) is 1. The third-order valence-corrected chi connectivity index (χ3v) is 7.37. The first kappa shape index (κ1) is 24.8. The molecule has 4 aromatic heterocycles. The van der Waals surface area contributed by atoms with Crippen molar-refractivity contribution in [2.24, 2.45) is 0 Å². The first-order valence-electron chi connectivity index (χ1n) is 12.3. The van der Waals surface area contributed by atoms with Gasteiger partial charge in [-0.25, -0.2) is 14.3 Å². The van der Waals surface area contributed by atoms with E-state index in [-0.39, 0.29) is 12.1 Å². The summed E-state index contributed by atoms with van der Waals surface area (Å²) in [6.45, 7) is 8.90. The summed E-state index contributed by atoms with van der Waals surface area (Å²) in [4.78, 5) is 19.8. The molecular formula is C27H29N7O2S. The zero-order valence-electron chi connectivity index (χ0n) is 21.4. The molecule has 0 unspecified atom stereocenters. The van der Waals surface area contributed by atoms with Gasteiger partial charge < -0.3 is 9.64 Å². The summed E-state index contributed by atoms with van der Waals surface area (Å²) in [5.41, 5.74) is 3.68. The largest absolute Gasteiger partial charge is 0.444 e. The summed E-state index contributed by atoms with van der Waals surface area (Å²) in [5, 5.41) is 19.6. The van der Waals surface area contributed by atoms with E-state index in [1.54, 1.807) is 21.8 Å². The SMILES string of the molecule is Cc1cccnc1Sc1cc(-c2cnn([C@H]3CCCN(C(=O)OC(C)(C)C)C3)c2)cn2ncc(C#N)c12. The van der Waals surface area contributed by atoms with Gasteiger partial charge in [0.25, 0.3) is 0 Å². The molecule has 0 bridgehead atoms. The number of hydrogen-bond donors (Lipinski definition) is 0. The van der Waals surface area contributed by atoms with Gasteiger partial charge in [-0.2, -0.15) is 15.5 Å². The second-order valence-corrected chi connectivity index (χ2v) is 11.2. The molecule has 0 saturated carbocycles. The average molecular weight is 516 g/mol. The Morgan fingerprint density at radius 2 is 2.05 bits per heavy atom. The van der Waals surface area contributed by atoms with Crippen LogP contribution in [0.3, 0.4) is 0 Å². The normalized spacial score (nSPS) is 16.1. The highest BCUT2D eigenvalue weighted by molar-refractivity contribution is 7.99. The number of aromatic nitrogens is 5. The fourth-order valence-electron chi connectivity index (χ4n) is 4.43. The Kier molecular flexibility index (Phi) is 6.65. The first-order valence-corrected chi connectivity index (χ1v) is 13.1. The van der Waals surface area contributed by atoms with Crippen molar-refractivity contribution >= 4 is 23.4 Å². The Morgan fingerprint density at radius 3 is 2.81 bits per heavy atom. The van der Waals surface area contributed by atoms with Gasteiger partial charge in [0.2, 0.25) is 0 Å². The molecule has 1 saturated heterocycles. The van der Waals surface area contributed by atoms with E-state index in [9.17, 15) is 10.1 Å². The number of amides is 1. The lowest BCUT2D eigenvalue weighted by atomic mass is 10.1. The van der Waals surface area contributed by atoms with Crippen LogP contribution in [0.4, 0.5) is 4.79 Å². The van der Waals surface area contributed by atoms with Crippen LogP contribution in [0.5, 0.6) is 0 Å². The molecular weight excluding hydrogens is 486 g/mol. The molecule has 4 aromatic rings. The van der Waals surface area contributed by atoms with E-state index < -0.39 is 5.60 Å². The van der Waals surface area contributed by atoms with E-state index >= 15 is 0 Å². The van der Waals surface area contributed by atoms with E-state index in [2.05, 4.69) is 27.3 Å². The molecule has 37 heavy (non-hydrogen) atoms. The van der Waals surface area contributed by atoms with Crippen molar-refractivity contribution in [3.05, 3.63) is 60.3 Å². The highest BCUT2D eigenvalue weighted by Crippen LogP contribution is 2.36. The Labute approximate surface area is 220 Å². The van der Waals surface area contributed by atoms with Crippen LogP contribution in [-0.2, 0) is 4.74 Å². The summed E-state index contributed by atoms with van der Waals surface area (Å²) in [7, 11) is 0. The van der Waals surface area contributed by atoms with Crippen LogP contribution in [0.25, 0.3) is 16.6 Å². The number of likely N-dealkylation sites (tertiary alicyclic amines) is 1. The van der Waals surface area contributed by atoms with Gasteiger partial charge in [0, 0.05) is 47.7 Å². The lowest BCUT2D eigenvalue weighted by Gasteiger charge is -2.34. The molecule has 190 valence electrons. The van der Waals surface area contributed by atoms with Crippen LogP contribution in [0, 0.1) is 18.3 Å². The monoisotopic (exact) mass is 515 g/mol. The van der Waals surface area contributed by atoms with Crippen LogP contribution < -0.4 is 0 Å². The number of piperidine rings is 1. The summed E-state index contributed by atoms with van der Waals surface area (Å²) in [5.74, 6) is 0. The van der Waals surface area contributed by atoms with Crippen molar-refractivity contribution in [3.8, 4) is 17.2 Å². The molecule has 10 heteroatoms. The lowest BCUT2D eigenvalue weighted by molar-refractivity contribution is 0.0167. The second-order valence-electron chi connectivity index (χ2n) is 10.2. The van der Waals surface area contributed by atoms with Crippen molar-refractivity contribution in [2.75, 3.05) is 13.1 Å². The number of nitrogens with zero attached hydrogens (tertiary/aromatic N) is 7. The van der Waals surface area contributed by atoms with Crippen molar-refractivity contribution in [3.63, 3.8) is 0 Å². The molecule has 0 aliphatic carbocycles. The highest BCUT2D eigenvalue weighted by Gasteiger charge is 2.29. The molecule has 1 aliphatic rings. The van der Waals surface area contributed by atoms with E-state index in [4.69, 9.17) is 4.74 Å². The number of hydrogen-bond acceptors (Lipinski definition) is 7. The van der Waals surface area contributed by atoms with Gasteiger partial charge in [0.05, 0.1) is 29.5 Å². The van der Waals surface area contributed by atoms with Crippen molar-refractivity contribution in [1.29, 1.82) is 5.26 Å². The molecule has 0 spiro atoms. The zero-order chi connectivity index (χ0) is 26.2. The van der Waals surface area contributed by atoms with Gasteiger partial charge in [-0.3, -0.25) is 4.68 Å². The zero-order valence-corrected chi connectivity index (χ0v) is 22.2.